The van der Waals surface area contributed by atoms with Gasteiger partial charge < -0.3 is 20.0 Å². The maximum absolute atomic E-state index is 12.5. The number of furan rings is 1. The molecular formula is C21H36N4O2. The topological polar surface area (TPSA) is 69.9 Å². The van der Waals surface area contributed by atoms with Crippen LogP contribution in [0.2, 0.25) is 0 Å². The Morgan fingerprint density at radius 3 is 2.63 bits per heavy atom. The highest BCUT2D eigenvalue weighted by atomic mass is 16.3. The number of carbonyl (C=O) groups excluding carboxylic acids is 1. The van der Waals surface area contributed by atoms with E-state index in [0.717, 1.165) is 76.4 Å². The first-order valence-corrected chi connectivity index (χ1v) is 10.5. The number of amides is 1. The Balaban J connectivity index is 1.79. The molecule has 1 aromatic rings. The summed E-state index contributed by atoms with van der Waals surface area (Å²) in [7, 11) is 0. The van der Waals surface area contributed by atoms with Crippen molar-refractivity contribution in [3.8, 4) is 0 Å². The van der Waals surface area contributed by atoms with E-state index in [1.165, 1.54) is 0 Å². The number of likely N-dealkylation sites (tertiary alicyclic amines) is 1. The van der Waals surface area contributed by atoms with Crippen LogP contribution in [0.25, 0.3) is 0 Å². The molecule has 0 radical (unpaired) electrons. The largest absolute Gasteiger partial charge is 0.469 e. The van der Waals surface area contributed by atoms with Crippen LogP contribution >= 0.6 is 0 Å². The van der Waals surface area contributed by atoms with E-state index < -0.39 is 0 Å². The van der Waals surface area contributed by atoms with Crippen LogP contribution in [-0.4, -0.2) is 49.0 Å². The van der Waals surface area contributed by atoms with Crippen molar-refractivity contribution in [2.45, 2.75) is 65.3 Å². The van der Waals surface area contributed by atoms with Gasteiger partial charge in [-0.2, -0.15) is 0 Å². The number of rotatable bonds is 9. The molecule has 2 heterocycles. The Morgan fingerprint density at radius 2 is 2.04 bits per heavy atom. The van der Waals surface area contributed by atoms with Gasteiger partial charge in [-0.25, -0.2) is 0 Å². The maximum atomic E-state index is 12.5. The highest BCUT2D eigenvalue weighted by Crippen LogP contribution is 2.17. The average molecular weight is 377 g/mol. The van der Waals surface area contributed by atoms with Crippen LogP contribution in [0.3, 0.4) is 0 Å². The maximum Gasteiger partial charge on any atom is 0.225 e. The monoisotopic (exact) mass is 376 g/mol. The van der Waals surface area contributed by atoms with Gasteiger partial charge in [-0.05, 0) is 44.2 Å². The summed E-state index contributed by atoms with van der Waals surface area (Å²) < 4.78 is 5.38. The average Bonchev–Trinajstić information content (AvgIpc) is 3.21. The highest BCUT2D eigenvalue weighted by molar-refractivity contribution is 5.80. The molecule has 0 aliphatic carbocycles. The Bertz CT molecular complexity index is 559. The molecule has 0 aromatic carbocycles. The van der Waals surface area contributed by atoms with Crippen LogP contribution in [0, 0.1) is 5.92 Å². The first-order chi connectivity index (χ1) is 13.2. The minimum atomic E-state index is 0.180. The molecule has 1 aliphatic heterocycles. The molecule has 0 unspecified atom stereocenters. The molecule has 27 heavy (non-hydrogen) atoms. The molecule has 6 heteroatoms. The molecule has 1 aromatic heterocycles. The van der Waals surface area contributed by atoms with Gasteiger partial charge in [-0.1, -0.05) is 20.8 Å². The Kier molecular flexibility index (Phi) is 9.22. The fraction of sp³-hybridized carbons (Fsp3) is 0.714. The summed E-state index contributed by atoms with van der Waals surface area (Å²) in [6, 6.07) is 4.27. The summed E-state index contributed by atoms with van der Waals surface area (Å²) in [5.41, 5.74) is 0. The minimum Gasteiger partial charge on any atom is -0.469 e. The van der Waals surface area contributed by atoms with Crippen LogP contribution in [-0.2, 0) is 11.2 Å². The van der Waals surface area contributed by atoms with Gasteiger partial charge in [0.1, 0.15) is 5.76 Å². The first kappa shape index (κ1) is 21.3. The SMILES string of the molecule is CCCN=C(NCCc1ccco1)NC1CCN(C(=O)C(CC)CC)CC1. The van der Waals surface area contributed by atoms with Crippen LogP contribution in [0.1, 0.15) is 58.6 Å². The van der Waals surface area contributed by atoms with Crippen molar-refractivity contribution >= 4 is 11.9 Å². The van der Waals surface area contributed by atoms with Gasteiger partial charge in [0.05, 0.1) is 6.26 Å². The molecule has 2 rings (SSSR count). The van der Waals surface area contributed by atoms with Gasteiger partial charge in [0, 0.05) is 44.6 Å². The standard InChI is InChI=1S/C21H36N4O2/c1-4-12-22-21(23-13-9-19-8-7-16-27-19)24-18-10-14-25(15-11-18)20(26)17(5-2)6-3/h7-8,16-18H,4-6,9-15H2,1-3H3,(H2,22,23,24). The zero-order valence-corrected chi connectivity index (χ0v) is 17.2. The molecule has 1 saturated heterocycles. The summed E-state index contributed by atoms with van der Waals surface area (Å²) >= 11 is 0. The van der Waals surface area contributed by atoms with Crippen molar-refractivity contribution in [3.05, 3.63) is 24.2 Å². The van der Waals surface area contributed by atoms with E-state index in [9.17, 15) is 4.79 Å². The van der Waals surface area contributed by atoms with Gasteiger partial charge in [0.15, 0.2) is 5.96 Å². The third-order valence-electron chi connectivity index (χ3n) is 5.22. The van der Waals surface area contributed by atoms with Gasteiger partial charge in [-0.3, -0.25) is 9.79 Å². The smallest absolute Gasteiger partial charge is 0.225 e. The second kappa shape index (κ2) is 11.7. The molecule has 0 saturated carbocycles. The molecule has 1 fully saturated rings. The van der Waals surface area contributed by atoms with Crippen molar-refractivity contribution in [1.82, 2.24) is 15.5 Å². The van der Waals surface area contributed by atoms with Gasteiger partial charge in [0.2, 0.25) is 5.91 Å². The number of hydrogen-bond donors (Lipinski definition) is 2. The van der Waals surface area contributed by atoms with E-state index >= 15 is 0 Å². The van der Waals surface area contributed by atoms with E-state index in [4.69, 9.17) is 4.42 Å². The summed E-state index contributed by atoms with van der Waals surface area (Å²) in [4.78, 5) is 19.2. The summed E-state index contributed by atoms with van der Waals surface area (Å²) in [6.45, 7) is 9.60. The van der Waals surface area contributed by atoms with E-state index in [1.54, 1.807) is 6.26 Å². The first-order valence-electron chi connectivity index (χ1n) is 10.5. The molecule has 0 bridgehead atoms. The molecule has 1 aliphatic rings. The van der Waals surface area contributed by atoms with Crippen LogP contribution in [0.4, 0.5) is 0 Å². The van der Waals surface area contributed by atoms with Crippen molar-refractivity contribution in [2.75, 3.05) is 26.2 Å². The zero-order valence-electron chi connectivity index (χ0n) is 17.2. The lowest BCUT2D eigenvalue weighted by atomic mass is 9.98. The molecule has 152 valence electrons. The Labute approximate surface area is 163 Å². The van der Waals surface area contributed by atoms with E-state index in [-0.39, 0.29) is 5.92 Å². The van der Waals surface area contributed by atoms with Crippen LogP contribution < -0.4 is 10.6 Å². The normalized spacial score (nSPS) is 16.0. The summed E-state index contributed by atoms with van der Waals surface area (Å²) in [6.07, 6.45) is 7.36. The number of nitrogens with zero attached hydrogens (tertiary/aromatic N) is 2. The number of aliphatic imine (C=N–C) groups is 1. The van der Waals surface area contributed by atoms with Gasteiger partial charge in [0.25, 0.3) is 0 Å². The second-order valence-corrected chi connectivity index (χ2v) is 7.24. The number of guanidine groups is 1. The van der Waals surface area contributed by atoms with Gasteiger partial charge >= 0.3 is 0 Å². The molecular weight excluding hydrogens is 340 g/mol. The van der Waals surface area contributed by atoms with E-state index in [2.05, 4.69) is 36.4 Å². The van der Waals surface area contributed by atoms with Crippen molar-refractivity contribution in [2.24, 2.45) is 10.9 Å². The quantitative estimate of drug-likeness (QED) is 0.513. The molecule has 0 atom stereocenters. The molecule has 0 spiro atoms. The lowest BCUT2D eigenvalue weighted by Gasteiger charge is -2.35. The van der Waals surface area contributed by atoms with E-state index in [1.807, 2.05) is 17.0 Å². The lowest BCUT2D eigenvalue weighted by molar-refractivity contribution is -0.136. The highest BCUT2D eigenvalue weighted by Gasteiger charge is 2.26. The summed E-state index contributed by atoms with van der Waals surface area (Å²) in [5, 5.41) is 6.97. The third kappa shape index (κ3) is 6.92. The Hall–Kier alpha value is -1.98. The van der Waals surface area contributed by atoms with Crippen LogP contribution in [0.5, 0.6) is 0 Å². The number of piperidine rings is 1. The van der Waals surface area contributed by atoms with Gasteiger partial charge in [-0.15, -0.1) is 0 Å². The molecule has 2 N–H and O–H groups in total. The van der Waals surface area contributed by atoms with Crippen molar-refractivity contribution in [1.29, 1.82) is 0 Å². The molecule has 1 amide bonds. The number of nitrogens with one attached hydrogen (secondary N) is 2. The Morgan fingerprint density at radius 1 is 1.30 bits per heavy atom. The lowest BCUT2D eigenvalue weighted by Crippen LogP contribution is -2.51. The molecule has 6 nitrogen and oxygen atoms in total. The minimum absolute atomic E-state index is 0.180. The number of carbonyl (C=O) groups is 1. The van der Waals surface area contributed by atoms with E-state index in [0.29, 0.717) is 11.9 Å². The van der Waals surface area contributed by atoms with Crippen LogP contribution in [0.15, 0.2) is 27.8 Å². The fourth-order valence-corrected chi connectivity index (χ4v) is 3.47. The van der Waals surface area contributed by atoms with Crippen molar-refractivity contribution in [3.63, 3.8) is 0 Å². The number of hydrogen-bond acceptors (Lipinski definition) is 3. The second-order valence-electron chi connectivity index (χ2n) is 7.24. The predicted molar refractivity (Wildman–Crippen MR) is 110 cm³/mol. The summed E-state index contributed by atoms with van der Waals surface area (Å²) in [5.74, 6) is 2.35. The predicted octanol–water partition coefficient (Wildman–Crippen LogP) is 3.19. The fourth-order valence-electron chi connectivity index (χ4n) is 3.47. The third-order valence-corrected chi connectivity index (χ3v) is 5.22. The van der Waals surface area contributed by atoms with Crippen molar-refractivity contribution < 1.29 is 9.21 Å². The zero-order chi connectivity index (χ0) is 19.5.